The van der Waals surface area contributed by atoms with E-state index in [0.717, 1.165) is 25.7 Å². The summed E-state index contributed by atoms with van der Waals surface area (Å²) in [6.45, 7) is 0. The van der Waals surface area contributed by atoms with Crippen molar-refractivity contribution >= 4 is 0 Å². The summed E-state index contributed by atoms with van der Waals surface area (Å²) in [5.41, 5.74) is 1.34. The largest absolute Gasteiger partial charge is 0.393 e. The third-order valence-electron chi connectivity index (χ3n) is 3.79. The molecule has 1 N–H and O–H groups in total. The average Bonchev–Trinajstić information content (AvgIpc) is 2.33. The molecule has 1 atom stereocenters. The molecule has 1 saturated carbocycles. The quantitative estimate of drug-likeness (QED) is 0.871. The van der Waals surface area contributed by atoms with Gasteiger partial charge in [0.1, 0.15) is 0 Å². The van der Waals surface area contributed by atoms with Crippen LogP contribution in [0, 0.1) is 5.92 Å². The SMILES string of the molecule is CN(C)C(c1ccncc1)C1CCC(O)CC1. The molecule has 1 aromatic heterocycles. The van der Waals surface area contributed by atoms with Gasteiger partial charge in [-0.1, -0.05) is 0 Å². The second kappa shape index (κ2) is 5.61. The van der Waals surface area contributed by atoms with Crippen molar-refractivity contribution in [2.24, 2.45) is 5.92 Å². The highest BCUT2D eigenvalue weighted by Gasteiger charge is 2.29. The van der Waals surface area contributed by atoms with Crippen molar-refractivity contribution < 1.29 is 5.11 Å². The van der Waals surface area contributed by atoms with Crippen molar-refractivity contribution in [3.8, 4) is 0 Å². The van der Waals surface area contributed by atoms with Gasteiger partial charge >= 0.3 is 0 Å². The van der Waals surface area contributed by atoms with Crippen molar-refractivity contribution in [1.82, 2.24) is 9.88 Å². The van der Waals surface area contributed by atoms with E-state index in [1.807, 2.05) is 12.4 Å². The second-order valence-electron chi connectivity index (χ2n) is 5.26. The highest BCUT2D eigenvalue weighted by Crippen LogP contribution is 2.37. The molecule has 1 aliphatic carbocycles. The first-order valence-corrected chi connectivity index (χ1v) is 6.43. The molecule has 3 nitrogen and oxygen atoms in total. The van der Waals surface area contributed by atoms with Crippen LogP contribution in [-0.2, 0) is 0 Å². The molecule has 0 radical (unpaired) electrons. The Labute approximate surface area is 103 Å². The maximum atomic E-state index is 9.59. The number of hydrogen-bond donors (Lipinski definition) is 1. The minimum absolute atomic E-state index is 0.0773. The van der Waals surface area contributed by atoms with Gasteiger partial charge in [-0.2, -0.15) is 0 Å². The van der Waals surface area contributed by atoms with Crippen LogP contribution in [0.4, 0.5) is 0 Å². The van der Waals surface area contributed by atoms with Gasteiger partial charge in [-0.05, 0) is 63.4 Å². The van der Waals surface area contributed by atoms with E-state index in [0.29, 0.717) is 12.0 Å². The van der Waals surface area contributed by atoms with Crippen molar-refractivity contribution in [3.05, 3.63) is 30.1 Å². The van der Waals surface area contributed by atoms with Crippen LogP contribution in [0.3, 0.4) is 0 Å². The Bertz CT molecular complexity index is 331. The monoisotopic (exact) mass is 234 g/mol. The van der Waals surface area contributed by atoms with E-state index >= 15 is 0 Å². The highest BCUT2D eigenvalue weighted by molar-refractivity contribution is 5.16. The van der Waals surface area contributed by atoms with Crippen LogP contribution in [0.15, 0.2) is 24.5 Å². The normalized spacial score (nSPS) is 27.1. The number of aliphatic hydroxyl groups is 1. The number of rotatable bonds is 3. The van der Waals surface area contributed by atoms with Gasteiger partial charge in [-0.25, -0.2) is 0 Å². The topological polar surface area (TPSA) is 36.4 Å². The molecule has 1 fully saturated rings. The molecular weight excluding hydrogens is 212 g/mol. The molecule has 0 bridgehead atoms. The van der Waals surface area contributed by atoms with Crippen molar-refractivity contribution in [3.63, 3.8) is 0 Å². The number of nitrogens with zero attached hydrogens (tertiary/aromatic N) is 2. The smallest absolute Gasteiger partial charge is 0.0540 e. The van der Waals surface area contributed by atoms with Crippen LogP contribution in [0.1, 0.15) is 37.3 Å². The summed E-state index contributed by atoms with van der Waals surface area (Å²) >= 11 is 0. The maximum Gasteiger partial charge on any atom is 0.0540 e. The molecule has 1 aliphatic rings. The van der Waals surface area contributed by atoms with Gasteiger partial charge in [0.15, 0.2) is 0 Å². The van der Waals surface area contributed by atoms with Gasteiger partial charge in [0.2, 0.25) is 0 Å². The van der Waals surface area contributed by atoms with Crippen LogP contribution >= 0.6 is 0 Å². The summed E-state index contributed by atoms with van der Waals surface area (Å²) in [5.74, 6) is 0.649. The Balaban J connectivity index is 2.13. The molecule has 0 aliphatic heterocycles. The standard InChI is InChI=1S/C14H22N2O/c1-16(2)14(12-7-9-15-10-8-12)11-3-5-13(17)6-4-11/h7-11,13-14,17H,3-6H2,1-2H3. The zero-order chi connectivity index (χ0) is 12.3. The maximum absolute atomic E-state index is 9.59. The molecule has 0 spiro atoms. The number of aromatic nitrogens is 1. The van der Waals surface area contributed by atoms with E-state index < -0.39 is 0 Å². The van der Waals surface area contributed by atoms with Gasteiger partial charge in [0.25, 0.3) is 0 Å². The average molecular weight is 234 g/mol. The van der Waals surface area contributed by atoms with Crippen LogP contribution in [0.25, 0.3) is 0 Å². The van der Waals surface area contributed by atoms with Crippen LogP contribution in [-0.4, -0.2) is 35.2 Å². The fraction of sp³-hybridized carbons (Fsp3) is 0.643. The van der Waals surface area contributed by atoms with Gasteiger partial charge in [-0.3, -0.25) is 4.98 Å². The van der Waals surface area contributed by atoms with Crippen LogP contribution < -0.4 is 0 Å². The first kappa shape index (κ1) is 12.5. The van der Waals surface area contributed by atoms with E-state index in [9.17, 15) is 5.11 Å². The van der Waals surface area contributed by atoms with Crippen LogP contribution in [0.5, 0.6) is 0 Å². The summed E-state index contributed by atoms with van der Waals surface area (Å²) in [4.78, 5) is 6.38. The van der Waals surface area contributed by atoms with Gasteiger partial charge in [0.05, 0.1) is 6.10 Å². The molecule has 17 heavy (non-hydrogen) atoms. The lowest BCUT2D eigenvalue weighted by Crippen LogP contribution is -2.31. The lowest BCUT2D eigenvalue weighted by Gasteiger charge is -2.36. The molecule has 1 aromatic rings. The number of pyridine rings is 1. The number of hydrogen-bond acceptors (Lipinski definition) is 3. The molecule has 1 unspecified atom stereocenters. The summed E-state index contributed by atoms with van der Waals surface area (Å²) in [6, 6.07) is 4.66. The lowest BCUT2D eigenvalue weighted by molar-refractivity contribution is 0.0779. The first-order valence-electron chi connectivity index (χ1n) is 6.43. The molecule has 0 saturated heterocycles. The summed E-state index contributed by atoms with van der Waals surface area (Å²) in [5, 5.41) is 9.59. The molecule has 94 valence electrons. The molecule has 1 heterocycles. The predicted molar refractivity (Wildman–Crippen MR) is 68.6 cm³/mol. The molecule has 2 rings (SSSR count). The Morgan fingerprint density at radius 2 is 1.76 bits per heavy atom. The minimum Gasteiger partial charge on any atom is -0.393 e. The van der Waals surface area contributed by atoms with Gasteiger partial charge < -0.3 is 10.0 Å². The Morgan fingerprint density at radius 1 is 1.18 bits per heavy atom. The number of aliphatic hydroxyl groups excluding tert-OH is 1. The Hall–Kier alpha value is -0.930. The molecular formula is C14H22N2O. The van der Waals surface area contributed by atoms with Crippen LogP contribution in [0.2, 0.25) is 0 Å². The van der Waals surface area contributed by atoms with E-state index in [2.05, 4.69) is 36.1 Å². The predicted octanol–water partition coefficient (Wildman–Crippen LogP) is 2.24. The first-order chi connectivity index (χ1) is 8.18. The van der Waals surface area contributed by atoms with Crippen molar-refractivity contribution in [2.45, 2.75) is 37.8 Å². The van der Waals surface area contributed by atoms with E-state index in [-0.39, 0.29) is 6.10 Å². The van der Waals surface area contributed by atoms with E-state index in [1.165, 1.54) is 5.56 Å². The zero-order valence-electron chi connectivity index (χ0n) is 10.7. The van der Waals surface area contributed by atoms with E-state index in [1.54, 1.807) is 0 Å². The fourth-order valence-corrected chi connectivity index (χ4v) is 2.97. The van der Waals surface area contributed by atoms with Crippen molar-refractivity contribution in [2.75, 3.05) is 14.1 Å². The second-order valence-corrected chi connectivity index (χ2v) is 5.26. The molecule has 3 heteroatoms. The summed E-state index contributed by atoms with van der Waals surface area (Å²) in [7, 11) is 4.27. The zero-order valence-corrected chi connectivity index (χ0v) is 10.7. The minimum atomic E-state index is -0.0773. The fourth-order valence-electron chi connectivity index (χ4n) is 2.97. The van der Waals surface area contributed by atoms with E-state index in [4.69, 9.17) is 0 Å². The Morgan fingerprint density at radius 3 is 2.29 bits per heavy atom. The highest BCUT2D eigenvalue weighted by atomic mass is 16.3. The summed E-state index contributed by atoms with van der Waals surface area (Å²) < 4.78 is 0. The van der Waals surface area contributed by atoms with Gasteiger partial charge in [0, 0.05) is 18.4 Å². The van der Waals surface area contributed by atoms with Gasteiger partial charge in [-0.15, -0.1) is 0 Å². The van der Waals surface area contributed by atoms with Crippen molar-refractivity contribution in [1.29, 1.82) is 0 Å². The third kappa shape index (κ3) is 3.05. The molecule has 0 aromatic carbocycles. The molecule has 0 amide bonds. The lowest BCUT2D eigenvalue weighted by atomic mass is 9.80. The third-order valence-corrected chi connectivity index (χ3v) is 3.79. The summed E-state index contributed by atoms with van der Waals surface area (Å²) in [6.07, 6.45) is 7.78. The Kier molecular flexibility index (Phi) is 4.13.